The maximum absolute atomic E-state index is 11.6. The van der Waals surface area contributed by atoms with Gasteiger partial charge in [-0.1, -0.05) is 0 Å². The lowest BCUT2D eigenvalue weighted by Gasteiger charge is -2.11. The molecule has 1 heterocycles. The van der Waals surface area contributed by atoms with Crippen molar-refractivity contribution in [3.63, 3.8) is 0 Å². The molecule has 0 aliphatic carbocycles. The minimum atomic E-state index is -0.431. The summed E-state index contributed by atoms with van der Waals surface area (Å²) in [6.07, 6.45) is 1.67. The molecule has 1 aromatic rings. The van der Waals surface area contributed by atoms with Crippen LogP contribution in [-0.2, 0) is 9.59 Å². The number of aliphatic imine (C=N–C) groups is 1. The van der Waals surface area contributed by atoms with Gasteiger partial charge in [0.2, 0.25) is 0 Å². The first-order chi connectivity index (χ1) is 9.90. The lowest BCUT2D eigenvalue weighted by atomic mass is 10.2. The number of nitrogens with two attached hydrogens (primary N) is 1. The van der Waals surface area contributed by atoms with Gasteiger partial charge in [0.05, 0.1) is 15.6 Å². The van der Waals surface area contributed by atoms with Gasteiger partial charge in [-0.05, 0) is 58.1 Å². The van der Waals surface area contributed by atoms with Crippen LogP contribution >= 0.6 is 34.4 Å². The first kappa shape index (κ1) is 15.8. The normalized spacial score (nSPS) is 16.0. The van der Waals surface area contributed by atoms with Crippen LogP contribution in [-0.4, -0.2) is 24.2 Å². The predicted molar refractivity (Wildman–Crippen MR) is 89.2 cm³/mol. The molecule has 0 bridgehead atoms. The summed E-state index contributed by atoms with van der Waals surface area (Å²) in [7, 11) is 1.48. The van der Waals surface area contributed by atoms with Crippen molar-refractivity contribution in [1.29, 1.82) is 0 Å². The molecule has 110 valence electrons. The third-order valence-corrected chi connectivity index (χ3v) is 4.05. The lowest BCUT2D eigenvalue weighted by Crippen LogP contribution is -2.05. The van der Waals surface area contributed by atoms with Crippen LogP contribution in [0.5, 0.6) is 11.5 Å². The number of methoxy groups -OCH3 is 1. The zero-order chi connectivity index (χ0) is 15.6. The molecular formula is C13H11IN2O4S. The SMILES string of the molecule is COc1cc(/C=C2\SC(N)=NC2=O)cc(I)c1OC(C)=O. The highest BCUT2D eigenvalue weighted by atomic mass is 127. The molecule has 2 rings (SSSR count). The number of nitrogens with zero attached hydrogens (tertiary/aromatic N) is 1. The lowest BCUT2D eigenvalue weighted by molar-refractivity contribution is -0.132. The van der Waals surface area contributed by atoms with Gasteiger partial charge in [0.1, 0.15) is 0 Å². The van der Waals surface area contributed by atoms with E-state index in [0.717, 1.165) is 17.3 Å². The smallest absolute Gasteiger partial charge is 0.308 e. The Balaban J connectivity index is 2.39. The first-order valence-corrected chi connectivity index (χ1v) is 7.64. The minimum absolute atomic E-state index is 0.226. The van der Waals surface area contributed by atoms with E-state index in [0.29, 0.717) is 20.0 Å². The average Bonchev–Trinajstić information content (AvgIpc) is 2.70. The molecule has 1 aromatic carbocycles. The van der Waals surface area contributed by atoms with Gasteiger partial charge >= 0.3 is 5.97 Å². The van der Waals surface area contributed by atoms with Gasteiger partial charge in [0.25, 0.3) is 5.91 Å². The van der Waals surface area contributed by atoms with E-state index in [1.54, 1.807) is 18.2 Å². The molecule has 6 nitrogen and oxygen atoms in total. The molecule has 0 spiro atoms. The third kappa shape index (κ3) is 3.76. The molecule has 0 aromatic heterocycles. The third-order valence-electron chi connectivity index (χ3n) is 2.43. The highest BCUT2D eigenvalue weighted by Gasteiger charge is 2.20. The van der Waals surface area contributed by atoms with Crippen LogP contribution in [0.3, 0.4) is 0 Å². The van der Waals surface area contributed by atoms with Crippen LogP contribution in [0.2, 0.25) is 0 Å². The first-order valence-electron chi connectivity index (χ1n) is 5.74. The number of amidine groups is 1. The van der Waals surface area contributed by atoms with Crippen molar-refractivity contribution in [2.24, 2.45) is 10.7 Å². The van der Waals surface area contributed by atoms with Crippen LogP contribution in [0.15, 0.2) is 22.0 Å². The van der Waals surface area contributed by atoms with Gasteiger partial charge < -0.3 is 15.2 Å². The fourth-order valence-electron chi connectivity index (χ4n) is 1.64. The summed E-state index contributed by atoms with van der Waals surface area (Å²) in [6.45, 7) is 1.32. The molecule has 21 heavy (non-hydrogen) atoms. The van der Waals surface area contributed by atoms with Gasteiger partial charge in [-0.15, -0.1) is 0 Å². The molecule has 0 atom stereocenters. The number of hydrogen-bond donors (Lipinski definition) is 1. The molecule has 0 radical (unpaired) electrons. The Bertz CT molecular complexity index is 685. The van der Waals surface area contributed by atoms with Crippen molar-refractivity contribution in [2.45, 2.75) is 6.92 Å². The van der Waals surface area contributed by atoms with Crippen LogP contribution in [0.4, 0.5) is 0 Å². The monoisotopic (exact) mass is 418 g/mol. The van der Waals surface area contributed by atoms with E-state index in [-0.39, 0.29) is 11.1 Å². The standard InChI is InChI=1S/C13H11IN2O4S/c1-6(17)20-11-8(14)3-7(4-9(11)19-2)5-10-12(18)16-13(15)21-10/h3-5H,1-2H3,(H2,15,16,18)/b10-5-. The van der Waals surface area contributed by atoms with Gasteiger partial charge in [-0.3, -0.25) is 9.59 Å². The van der Waals surface area contributed by atoms with Gasteiger partial charge in [-0.2, -0.15) is 4.99 Å². The van der Waals surface area contributed by atoms with E-state index >= 15 is 0 Å². The highest BCUT2D eigenvalue weighted by Crippen LogP contribution is 2.36. The number of hydrogen-bond acceptors (Lipinski definition) is 6. The number of esters is 1. The van der Waals surface area contributed by atoms with Crippen LogP contribution in [0.25, 0.3) is 6.08 Å². The summed E-state index contributed by atoms with van der Waals surface area (Å²) in [6, 6.07) is 3.45. The zero-order valence-corrected chi connectivity index (χ0v) is 14.1. The predicted octanol–water partition coefficient (Wildman–Crippen LogP) is 2.15. The molecule has 1 aliphatic heterocycles. The summed E-state index contributed by atoms with van der Waals surface area (Å²) in [5.41, 5.74) is 6.23. The molecule has 8 heteroatoms. The van der Waals surface area contributed by atoms with E-state index in [9.17, 15) is 9.59 Å². The Morgan fingerprint density at radius 3 is 2.71 bits per heavy atom. The van der Waals surface area contributed by atoms with Crippen molar-refractivity contribution in [3.05, 3.63) is 26.2 Å². The summed E-state index contributed by atoms with van der Waals surface area (Å²) in [4.78, 5) is 26.8. The van der Waals surface area contributed by atoms with Crippen LogP contribution in [0, 0.1) is 3.57 Å². The maximum Gasteiger partial charge on any atom is 0.308 e. The summed E-state index contributed by atoms with van der Waals surface area (Å²) >= 11 is 3.15. The second-order valence-corrected chi connectivity index (χ2v) is 6.22. The summed E-state index contributed by atoms with van der Waals surface area (Å²) in [5, 5.41) is 0.226. The number of carbonyl (C=O) groups is 2. The Morgan fingerprint density at radius 1 is 1.48 bits per heavy atom. The molecule has 0 unspecified atom stereocenters. The molecule has 0 saturated heterocycles. The molecule has 1 aliphatic rings. The van der Waals surface area contributed by atoms with Gasteiger partial charge in [0, 0.05) is 6.92 Å². The second kappa shape index (κ2) is 6.48. The minimum Gasteiger partial charge on any atom is -0.493 e. The van der Waals surface area contributed by atoms with Crippen molar-refractivity contribution < 1.29 is 19.1 Å². The number of carbonyl (C=O) groups excluding carboxylic acids is 2. The Labute approximate surface area is 138 Å². The van der Waals surface area contributed by atoms with E-state index in [2.05, 4.69) is 4.99 Å². The molecular weight excluding hydrogens is 407 g/mol. The fourth-order valence-corrected chi connectivity index (χ4v) is 3.06. The van der Waals surface area contributed by atoms with Crippen molar-refractivity contribution in [2.75, 3.05) is 7.11 Å². The van der Waals surface area contributed by atoms with Gasteiger partial charge in [-0.25, -0.2) is 0 Å². The number of rotatable bonds is 3. The molecule has 0 saturated carbocycles. The van der Waals surface area contributed by atoms with Crippen molar-refractivity contribution in [3.8, 4) is 11.5 Å². The maximum atomic E-state index is 11.6. The summed E-state index contributed by atoms with van der Waals surface area (Å²) in [5.74, 6) is -0.0299. The highest BCUT2D eigenvalue weighted by molar-refractivity contribution is 14.1. The molecule has 1 amide bonds. The number of amides is 1. The molecule has 0 fully saturated rings. The van der Waals surface area contributed by atoms with Gasteiger partial charge in [0.15, 0.2) is 16.7 Å². The van der Waals surface area contributed by atoms with Crippen LogP contribution < -0.4 is 15.2 Å². The number of thioether (sulfide) groups is 1. The summed E-state index contributed by atoms with van der Waals surface area (Å²) < 4.78 is 11.0. The van der Waals surface area contributed by atoms with E-state index in [1.807, 2.05) is 22.6 Å². The average molecular weight is 418 g/mol. The van der Waals surface area contributed by atoms with Crippen molar-refractivity contribution in [1.82, 2.24) is 0 Å². The Morgan fingerprint density at radius 2 is 2.19 bits per heavy atom. The Hall–Kier alpha value is -1.55. The van der Waals surface area contributed by atoms with E-state index in [4.69, 9.17) is 15.2 Å². The van der Waals surface area contributed by atoms with E-state index in [1.165, 1.54) is 14.0 Å². The second-order valence-electron chi connectivity index (χ2n) is 3.99. The number of halogens is 1. The number of ether oxygens (including phenoxy) is 2. The topological polar surface area (TPSA) is 91.0 Å². The number of benzene rings is 1. The Kier molecular flexibility index (Phi) is 4.88. The quantitative estimate of drug-likeness (QED) is 0.350. The van der Waals surface area contributed by atoms with Crippen LogP contribution in [0.1, 0.15) is 12.5 Å². The largest absolute Gasteiger partial charge is 0.493 e. The fraction of sp³-hybridized carbons (Fsp3) is 0.154. The molecule has 2 N–H and O–H groups in total. The van der Waals surface area contributed by atoms with E-state index < -0.39 is 5.97 Å². The van der Waals surface area contributed by atoms with Crippen molar-refractivity contribution >= 4 is 57.5 Å². The zero-order valence-electron chi connectivity index (χ0n) is 11.2.